The predicted octanol–water partition coefficient (Wildman–Crippen LogP) is 3.56. The minimum Gasteiger partial charge on any atom is -0.490 e. The summed E-state index contributed by atoms with van der Waals surface area (Å²) in [6.07, 6.45) is 1.04. The van der Waals surface area contributed by atoms with Crippen LogP contribution in [0.3, 0.4) is 0 Å². The number of carbonyl (C=O) groups excluding carboxylic acids is 2. The van der Waals surface area contributed by atoms with Gasteiger partial charge in [-0.2, -0.15) is 0 Å². The van der Waals surface area contributed by atoms with E-state index in [1.165, 1.54) is 0 Å². The molecule has 1 aliphatic heterocycles. The second-order valence-electron chi connectivity index (χ2n) is 7.06. The minimum absolute atomic E-state index is 0.104. The van der Waals surface area contributed by atoms with Crippen LogP contribution in [0.4, 0.5) is 0 Å². The maximum Gasteiger partial charge on any atom is 0.221 e. The molecule has 3 aromatic rings. The van der Waals surface area contributed by atoms with E-state index in [0.717, 1.165) is 17.5 Å². The Morgan fingerprint density at radius 3 is 2.72 bits per heavy atom. The lowest BCUT2D eigenvalue weighted by molar-refractivity contribution is -0.121. The van der Waals surface area contributed by atoms with Crippen LogP contribution in [0.15, 0.2) is 42.5 Å². The first-order valence-corrected chi connectivity index (χ1v) is 9.77. The third-order valence-electron chi connectivity index (χ3n) is 4.84. The van der Waals surface area contributed by atoms with Gasteiger partial charge in [0.1, 0.15) is 5.82 Å². The molecule has 0 spiro atoms. The van der Waals surface area contributed by atoms with E-state index in [9.17, 15) is 9.59 Å². The number of ketones is 1. The van der Waals surface area contributed by atoms with Crippen molar-refractivity contribution in [2.24, 2.45) is 0 Å². The fourth-order valence-corrected chi connectivity index (χ4v) is 3.27. The molecule has 7 nitrogen and oxygen atoms in total. The van der Waals surface area contributed by atoms with E-state index in [4.69, 9.17) is 9.47 Å². The van der Waals surface area contributed by atoms with Crippen molar-refractivity contribution in [2.45, 2.75) is 32.2 Å². The maximum absolute atomic E-state index is 12.5. The molecule has 0 unspecified atom stereocenters. The number of benzene rings is 2. The molecule has 2 heterocycles. The minimum atomic E-state index is -0.275. The second-order valence-corrected chi connectivity index (χ2v) is 7.06. The van der Waals surface area contributed by atoms with Crippen LogP contribution < -0.4 is 14.8 Å². The number of hydrogen-bond acceptors (Lipinski definition) is 5. The van der Waals surface area contributed by atoms with Crippen LogP contribution in [0.1, 0.15) is 48.4 Å². The largest absolute Gasteiger partial charge is 0.490 e. The average Bonchev–Trinajstić information content (AvgIpc) is 3.03. The molecule has 7 heteroatoms. The third-order valence-corrected chi connectivity index (χ3v) is 4.84. The van der Waals surface area contributed by atoms with Gasteiger partial charge in [-0.25, -0.2) is 4.98 Å². The van der Waals surface area contributed by atoms with Gasteiger partial charge in [-0.3, -0.25) is 9.59 Å². The van der Waals surface area contributed by atoms with Crippen LogP contribution in [0.5, 0.6) is 11.5 Å². The lowest BCUT2D eigenvalue weighted by Crippen LogP contribution is -2.27. The summed E-state index contributed by atoms with van der Waals surface area (Å²) >= 11 is 0. The van der Waals surface area contributed by atoms with Gasteiger partial charge in [0.2, 0.25) is 5.91 Å². The molecule has 0 saturated heterocycles. The van der Waals surface area contributed by atoms with E-state index < -0.39 is 0 Å². The number of aromatic amines is 1. The summed E-state index contributed by atoms with van der Waals surface area (Å²) in [6.45, 7) is 3.03. The molecule has 29 heavy (non-hydrogen) atoms. The summed E-state index contributed by atoms with van der Waals surface area (Å²) in [7, 11) is 0. The standard InChI is InChI=1S/C22H23N3O4/c1-14(22-24-16-5-2-3-6-17(16)25-22)23-21(27)10-8-18(26)15-7-9-19-20(13-15)29-12-4-11-28-19/h2-3,5-7,9,13-14H,4,8,10-12H2,1H3,(H,23,27)(H,24,25)/t14-/m0/s1. The van der Waals surface area contributed by atoms with Gasteiger partial charge in [0.25, 0.3) is 0 Å². The zero-order valence-electron chi connectivity index (χ0n) is 16.2. The number of aromatic nitrogens is 2. The van der Waals surface area contributed by atoms with E-state index in [0.29, 0.717) is 36.1 Å². The zero-order chi connectivity index (χ0) is 20.2. The molecule has 1 aromatic heterocycles. The first kappa shape index (κ1) is 19.0. The Morgan fingerprint density at radius 1 is 1.10 bits per heavy atom. The number of nitrogens with zero attached hydrogens (tertiary/aromatic N) is 1. The Morgan fingerprint density at radius 2 is 1.90 bits per heavy atom. The molecule has 4 rings (SSSR count). The van der Waals surface area contributed by atoms with Crippen LogP contribution in [-0.2, 0) is 4.79 Å². The molecule has 1 aliphatic rings. The number of rotatable bonds is 6. The fourth-order valence-electron chi connectivity index (χ4n) is 3.27. The number of Topliss-reactive ketones (excluding diaryl/α,β-unsaturated/α-hetero) is 1. The highest BCUT2D eigenvalue weighted by Gasteiger charge is 2.17. The fraction of sp³-hybridized carbons (Fsp3) is 0.318. The van der Waals surface area contributed by atoms with Crippen molar-refractivity contribution in [2.75, 3.05) is 13.2 Å². The Labute approximate surface area is 168 Å². The second kappa shape index (κ2) is 8.34. The van der Waals surface area contributed by atoms with Gasteiger partial charge >= 0.3 is 0 Å². The number of ether oxygens (including phenoxy) is 2. The number of hydrogen-bond donors (Lipinski definition) is 2. The molecule has 2 aromatic carbocycles. The Bertz CT molecular complexity index is 1010. The van der Waals surface area contributed by atoms with Crippen LogP contribution >= 0.6 is 0 Å². The average molecular weight is 393 g/mol. The monoisotopic (exact) mass is 393 g/mol. The molecular formula is C22H23N3O4. The van der Waals surface area contributed by atoms with Crippen LogP contribution in [0.25, 0.3) is 11.0 Å². The summed E-state index contributed by atoms with van der Waals surface area (Å²) < 4.78 is 11.2. The van der Waals surface area contributed by atoms with Gasteiger partial charge in [-0.05, 0) is 37.3 Å². The highest BCUT2D eigenvalue weighted by molar-refractivity contribution is 5.98. The normalized spacial score (nSPS) is 14.2. The van der Waals surface area contributed by atoms with Crippen molar-refractivity contribution in [1.82, 2.24) is 15.3 Å². The SMILES string of the molecule is C[C@H](NC(=O)CCC(=O)c1ccc2c(c1)OCCCO2)c1nc2ccccc2[nH]1. The smallest absolute Gasteiger partial charge is 0.221 e. The molecule has 0 saturated carbocycles. The zero-order valence-corrected chi connectivity index (χ0v) is 16.2. The number of H-pyrrole nitrogens is 1. The first-order valence-electron chi connectivity index (χ1n) is 9.77. The Balaban J connectivity index is 1.33. The summed E-state index contributed by atoms with van der Waals surface area (Å²) in [5, 5.41) is 2.89. The van der Waals surface area contributed by atoms with Gasteiger partial charge in [0.15, 0.2) is 17.3 Å². The molecule has 0 aliphatic carbocycles. The van der Waals surface area contributed by atoms with E-state index in [-0.39, 0.29) is 30.6 Å². The van der Waals surface area contributed by atoms with Crippen molar-refractivity contribution in [3.63, 3.8) is 0 Å². The van der Waals surface area contributed by atoms with Crippen molar-refractivity contribution in [3.05, 3.63) is 53.9 Å². The predicted molar refractivity (Wildman–Crippen MR) is 108 cm³/mol. The van der Waals surface area contributed by atoms with E-state index in [1.807, 2.05) is 31.2 Å². The maximum atomic E-state index is 12.5. The van der Waals surface area contributed by atoms with Crippen LogP contribution in [0, 0.1) is 0 Å². The van der Waals surface area contributed by atoms with E-state index >= 15 is 0 Å². The topological polar surface area (TPSA) is 93.3 Å². The lowest BCUT2D eigenvalue weighted by atomic mass is 10.1. The summed E-state index contributed by atoms with van der Waals surface area (Å²) in [6, 6.07) is 12.6. The third kappa shape index (κ3) is 4.39. The Kier molecular flexibility index (Phi) is 5.46. The number of para-hydroxylation sites is 2. The number of carbonyl (C=O) groups is 2. The van der Waals surface area contributed by atoms with Gasteiger partial charge in [0.05, 0.1) is 30.3 Å². The summed E-state index contributed by atoms with van der Waals surface area (Å²) in [4.78, 5) is 32.5. The van der Waals surface area contributed by atoms with Crippen LogP contribution in [-0.4, -0.2) is 34.9 Å². The van der Waals surface area contributed by atoms with Gasteiger partial charge in [-0.15, -0.1) is 0 Å². The molecule has 1 amide bonds. The summed E-state index contributed by atoms with van der Waals surface area (Å²) in [5.41, 5.74) is 2.30. The molecule has 0 radical (unpaired) electrons. The molecule has 2 N–H and O–H groups in total. The number of nitrogens with one attached hydrogen (secondary N) is 2. The highest BCUT2D eigenvalue weighted by atomic mass is 16.5. The molecular weight excluding hydrogens is 370 g/mol. The molecule has 0 fully saturated rings. The Hall–Kier alpha value is -3.35. The number of amides is 1. The van der Waals surface area contributed by atoms with Crippen LogP contribution in [0.2, 0.25) is 0 Å². The lowest BCUT2D eigenvalue weighted by Gasteiger charge is -2.11. The van der Waals surface area contributed by atoms with Crippen molar-refractivity contribution >= 4 is 22.7 Å². The van der Waals surface area contributed by atoms with Crippen molar-refractivity contribution in [3.8, 4) is 11.5 Å². The molecule has 1 atom stereocenters. The van der Waals surface area contributed by atoms with Gasteiger partial charge in [0, 0.05) is 24.8 Å². The number of imidazole rings is 1. The van der Waals surface area contributed by atoms with Gasteiger partial charge < -0.3 is 19.8 Å². The van der Waals surface area contributed by atoms with Crippen molar-refractivity contribution < 1.29 is 19.1 Å². The highest BCUT2D eigenvalue weighted by Crippen LogP contribution is 2.30. The molecule has 150 valence electrons. The number of fused-ring (bicyclic) bond motifs is 2. The van der Waals surface area contributed by atoms with E-state index in [2.05, 4.69) is 15.3 Å². The van der Waals surface area contributed by atoms with Gasteiger partial charge in [-0.1, -0.05) is 12.1 Å². The molecule has 0 bridgehead atoms. The van der Waals surface area contributed by atoms with Crippen molar-refractivity contribution in [1.29, 1.82) is 0 Å². The first-order chi connectivity index (χ1) is 14.1. The summed E-state index contributed by atoms with van der Waals surface area (Å²) in [5.74, 6) is 1.62. The van der Waals surface area contributed by atoms with E-state index in [1.54, 1.807) is 18.2 Å². The quantitative estimate of drug-likeness (QED) is 0.625.